The molecule has 0 saturated heterocycles. The molecule has 3 aliphatic rings. The van der Waals surface area contributed by atoms with E-state index < -0.39 is 0 Å². The Hall–Kier alpha value is -6.09. The summed E-state index contributed by atoms with van der Waals surface area (Å²) in [5.74, 6) is 0.172. The number of halogens is 1. The van der Waals surface area contributed by atoms with E-state index >= 15 is 0 Å². The van der Waals surface area contributed by atoms with Gasteiger partial charge in [-0.1, -0.05) is 157 Å². The van der Waals surface area contributed by atoms with Crippen molar-refractivity contribution in [1.29, 1.82) is 0 Å². The topological polar surface area (TPSA) is 17.1 Å². The van der Waals surface area contributed by atoms with Crippen LogP contribution in [0.3, 0.4) is 0 Å². The molecule has 2 heteroatoms. The van der Waals surface area contributed by atoms with Crippen LogP contribution in [-0.4, -0.2) is 5.78 Å². The summed E-state index contributed by atoms with van der Waals surface area (Å²) in [4.78, 5) is 12.4. The van der Waals surface area contributed by atoms with Crippen molar-refractivity contribution in [3.63, 3.8) is 0 Å². The van der Waals surface area contributed by atoms with Crippen LogP contribution < -0.4 is 0 Å². The van der Waals surface area contributed by atoms with Crippen LogP contribution in [0.2, 0.25) is 0 Å². The Morgan fingerprint density at radius 1 is 0.344 bits per heavy atom. The van der Waals surface area contributed by atoms with Gasteiger partial charge in [-0.25, -0.2) is 0 Å². The second-order valence-corrected chi connectivity index (χ2v) is 17.8. The first-order valence-corrected chi connectivity index (χ1v) is 21.7. The van der Waals surface area contributed by atoms with E-state index in [1.807, 2.05) is 30.3 Å². The molecule has 0 saturated carbocycles. The van der Waals surface area contributed by atoms with Crippen LogP contribution in [0.25, 0.3) is 44.5 Å². The Morgan fingerprint density at radius 3 is 1.10 bits per heavy atom. The van der Waals surface area contributed by atoms with E-state index in [1.54, 1.807) is 0 Å². The molecule has 0 unspecified atom stereocenters. The first-order valence-electron chi connectivity index (χ1n) is 20.9. The Bertz CT molecular complexity index is 2880. The molecule has 0 bridgehead atoms. The van der Waals surface area contributed by atoms with Gasteiger partial charge in [-0.2, -0.15) is 0 Å². The van der Waals surface area contributed by atoms with Crippen LogP contribution in [0, 0.1) is 55.4 Å². The number of ketones is 1. The number of aryl methyl sites for hydroxylation is 8. The highest BCUT2D eigenvalue weighted by Crippen LogP contribution is 2.63. The molecule has 11 rings (SSSR count). The molecule has 1 spiro atoms. The lowest BCUT2D eigenvalue weighted by Crippen LogP contribution is -2.26. The molecule has 8 aromatic carbocycles. The summed E-state index contributed by atoms with van der Waals surface area (Å²) in [6, 6.07) is 54.7. The van der Waals surface area contributed by atoms with E-state index in [2.05, 4.69) is 193 Å². The molecule has 0 aliphatic heterocycles. The fraction of sp³-hybridized carbons (Fsp3) is 0.169. The average Bonchev–Trinajstić information content (AvgIpc) is 3.79. The van der Waals surface area contributed by atoms with Crippen LogP contribution in [0.15, 0.2) is 156 Å². The summed E-state index contributed by atoms with van der Waals surface area (Å²) >= 11 is 3.53. The van der Waals surface area contributed by atoms with Gasteiger partial charge in [0.2, 0.25) is 0 Å². The van der Waals surface area contributed by atoms with Crippen LogP contribution in [-0.2, 0) is 5.41 Å². The van der Waals surface area contributed by atoms with E-state index in [0.29, 0.717) is 0 Å². The lowest BCUT2D eigenvalue weighted by Gasteiger charge is -2.31. The van der Waals surface area contributed by atoms with Crippen molar-refractivity contribution in [3.05, 3.63) is 234 Å². The van der Waals surface area contributed by atoms with Crippen molar-refractivity contribution < 1.29 is 6.22 Å². The molecule has 0 heterocycles. The van der Waals surface area contributed by atoms with Gasteiger partial charge >= 0.3 is 0 Å². The summed E-state index contributed by atoms with van der Waals surface area (Å²) in [5.41, 5.74) is 27.8. The van der Waals surface area contributed by atoms with Gasteiger partial charge in [-0.05, 0) is 185 Å². The van der Waals surface area contributed by atoms with Crippen molar-refractivity contribution in [2.45, 2.75) is 68.2 Å². The fourth-order valence-electron chi connectivity index (χ4n) is 9.57. The maximum atomic E-state index is 12.4. The molecule has 3 aliphatic carbocycles. The van der Waals surface area contributed by atoms with Crippen molar-refractivity contribution in [3.8, 4) is 44.5 Å². The SMILES string of the molecule is Brc1ccccc1-c1ccccc1.C.Cc1cc2c(cc1C)-c1cc(C)c(C)cc1C2=O.Cc1cc2c(cc1C)C1(c3ccccc3-c3ccccc31)c1cc(C)c(C)cc1-2.[2HH]. The lowest BCUT2D eigenvalue weighted by atomic mass is 9.70. The number of benzene rings is 8. The predicted molar refractivity (Wildman–Crippen MR) is 264 cm³/mol. The number of rotatable bonds is 1. The minimum Gasteiger partial charge on any atom is -0.289 e. The first kappa shape index (κ1) is 41.6. The van der Waals surface area contributed by atoms with E-state index in [4.69, 9.17) is 0 Å². The second-order valence-electron chi connectivity index (χ2n) is 16.9. The lowest BCUT2D eigenvalue weighted by molar-refractivity contribution is 0.104. The maximum absolute atomic E-state index is 12.4. The third kappa shape index (κ3) is 6.73. The standard InChI is InChI=1S/C29H24.C17H16O.C12H9Br.CH4.H2/c1-17-13-23-24-14-18(2)20(4)16-28(24)29(27(23)15-19(17)3)25-11-7-5-9-21(25)22-10-6-8-12-26(22)29;1-9-5-13-14-6-10(2)12(4)8-16(14)17(18)15(13)7-11(9)3;13-12-9-5-4-8-11(12)10-6-2-1-3-7-10;;/h5-16H,1-4H3;5-8H,1-4H3;1-9H;1H4;1H/i;;;;1+1. The summed E-state index contributed by atoms with van der Waals surface area (Å²) in [7, 11) is 0. The minimum absolute atomic E-state index is 0. The number of hydrogen-bond donors (Lipinski definition) is 0. The van der Waals surface area contributed by atoms with Gasteiger partial charge in [-0.15, -0.1) is 0 Å². The zero-order chi connectivity index (χ0) is 42.0. The number of carbonyl (C=O) groups is 1. The highest BCUT2D eigenvalue weighted by atomic mass is 79.9. The Balaban J connectivity index is 0.000000150. The smallest absolute Gasteiger partial charge is 0.194 e. The molecule has 8 aromatic rings. The van der Waals surface area contributed by atoms with Crippen LogP contribution in [0.4, 0.5) is 0 Å². The molecule has 0 atom stereocenters. The normalized spacial score (nSPS) is 12.7. The van der Waals surface area contributed by atoms with E-state index in [1.165, 1.54) is 100 Å². The second kappa shape index (κ2) is 16.1. The summed E-state index contributed by atoms with van der Waals surface area (Å²) in [5, 5.41) is 0. The molecule has 61 heavy (non-hydrogen) atoms. The molecule has 0 fully saturated rings. The van der Waals surface area contributed by atoms with Crippen LogP contribution in [0.5, 0.6) is 0 Å². The molecular formula is C59H55BrO. The summed E-state index contributed by atoms with van der Waals surface area (Å²) in [6.45, 7) is 17.3. The zero-order valence-electron chi connectivity index (χ0n) is 35.7. The molecule has 0 radical (unpaired) electrons. The Labute approximate surface area is 372 Å². The Morgan fingerprint density at radius 2 is 0.672 bits per heavy atom. The number of carbonyl (C=O) groups excluding carboxylic acids is 1. The van der Waals surface area contributed by atoms with E-state index in [-0.39, 0.29) is 20.1 Å². The van der Waals surface area contributed by atoms with Crippen LogP contribution >= 0.6 is 15.9 Å². The summed E-state index contributed by atoms with van der Waals surface area (Å²) in [6.07, 6.45) is 0. The number of hydrogen-bond acceptors (Lipinski definition) is 1. The molecule has 304 valence electrons. The average molecular weight is 861 g/mol. The first-order chi connectivity index (χ1) is 28.9. The molecule has 0 N–H and O–H groups in total. The molecule has 0 amide bonds. The van der Waals surface area contributed by atoms with Gasteiger partial charge in [0.25, 0.3) is 0 Å². The third-order valence-corrected chi connectivity index (χ3v) is 14.0. The monoisotopic (exact) mass is 859 g/mol. The van der Waals surface area contributed by atoms with Crippen molar-refractivity contribution in [2.24, 2.45) is 0 Å². The fourth-order valence-corrected chi connectivity index (χ4v) is 10.1. The number of fused-ring (bicyclic) bond motifs is 13. The molecule has 0 aromatic heterocycles. The highest BCUT2D eigenvalue weighted by molar-refractivity contribution is 9.10. The molecular weight excluding hydrogens is 805 g/mol. The highest BCUT2D eigenvalue weighted by Gasteiger charge is 2.51. The van der Waals surface area contributed by atoms with Gasteiger partial charge < -0.3 is 0 Å². The zero-order valence-corrected chi connectivity index (χ0v) is 37.3. The largest absolute Gasteiger partial charge is 0.289 e. The van der Waals surface area contributed by atoms with Gasteiger partial charge in [0.05, 0.1) is 5.41 Å². The van der Waals surface area contributed by atoms with E-state index in [0.717, 1.165) is 26.7 Å². The van der Waals surface area contributed by atoms with E-state index in [9.17, 15) is 4.79 Å². The van der Waals surface area contributed by atoms with Crippen molar-refractivity contribution in [2.75, 3.05) is 0 Å². The van der Waals surface area contributed by atoms with Gasteiger partial charge in [-0.3, -0.25) is 4.79 Å². The maximum Gasteiger partial charge on any atom is 0.194 e. The van der Waals surface area contributed by atoms with Crippen molar-refractivity contribution >= 4 is 21.7 Å². The van der Waals surface area contributed by atoms with Crippen molar-refractivity contribution in [1.82, 2.24) is 0 Å². The van der Waals surface area contributed by atoms with Gasteiger partial charge in [0, 0.05) is 17.0 Å². The Kier molecular flexibility index (Phi) is 11.0. The van der Waals surface area contributed by atoms with Crippen LogP contribution in [0.1, 0.15) is 91.5 Å². The predicted octanol–water partition coefficient (Wildman–Crippen LogP) is 16.4. The minimum atomic E-state index is -0.214. The quantitative estimate of drug-likeness (QED) is 0.161. The third-order valence-electron chi connectivity index (χ3n) is 13.3. The van der Waals surface area contributed by atoms with Gasteiger partial charge in [0.1, 0.15) is 0 Å². The summed E-state index contributed by atoms with van der Waals surface area (Å²) < 4.78 is 1.14. The van der Waals surface area contributed by atoms with Gasteiger partial charge in [0.15, 0.2) is 5.78 Å². The molecule has 1 nitrogen and oxygen atoms in total.